The summed E-state index contributed by atoms with van der Waals surface area (Å²) in [5.41, 5.74) is 1.84. The Labute approximate surface area is 172 Å². The molecule has 1 saturated carbocycles. The molecule has 6 nitrogen and oxygen atoms in total. The van der Waals surface area contributed by atoms with Crippen LogP contribution >= 0.6 is 0 Å². The van der Waals surface area contributed by atoms with E-state index in [-0.39, 0.29) is 24.2 Å². The van der Waals surface area contributed by atoms with E-state index in [1.165, 1.54) is 12.8 Å². The van der Waals surface area contributed by atoms with Gasteiger partial charge in [-0.25, -0.2) is 0 Å². The Bertz CT molecular complexity index is 829. The molecule has 1 aliphatic heterocycles. The van der Waals surface area contributed by atoms with Gasteiger partial charge >= 0.3 is 0 Å². The molecule has 4 atom stereocenters. The normalized spacial score (nSPS) is 28.1. The number of nitrogens with zero attached hydrogens (tertiary/aromatic N) is 2. The van der Waals surface area contributed by atoms with Gasteiger partial charge in [-0.1, -0.05) is 12.1 Å². The van der Waals surface area contributed by atoms with Gasteiger partial charge < -0.3 is 18.8 Å². The molecular weight excluding hydrogens is 368 g/mol. The Morgan fingerprint density at radius 1 is 1.14 bits per heavy atom. The number of likely N-dealkylation sites (N-methyl/N-ethyl adjacent to an activating group) is 1. The molecule has 0 radical (unpaired) electrons. The number of methoxy groups -OCH3 is 2. The van der Waals surface area contributed by atoms with Crippen molar-refractivity contribution in [1.29, 1.82) is 0 Å². The summed E-state index contributed by atoms with van der Waals surface area (Å²) in [4.78, 5) is 17.8. The van der Waals surface area contributed by atoms with Crippen LogP contribution in [0.4, 0.5) is 0 Å². The van der Waals surface area contributed by atoms with Gasteiger partial charge in [0, 0.05) is 38.7 Å². The summed E-state index contributed by atoms with van der Waals surface area (Å²) >= 11 is 0. The van der Waals surface area contributed by atoms with E-state index in [9.17, 15) is 4.79 Å². The molecule has 1 aromatic heterocycles. The number of carbonyl (C=O) groups excluding carboxylic acids is 1. The number of hydrogen-bond acceptors (Lipinski definition) is 5. The second-order valence-corrected chi connectivity index (χ2v) is 8.33. The number of likely N-dealkylation sites (tertiary alicyclic amines) is 1. The lowest BCUT2D eigenvalue weighted by atomic mass is 9.84. The minimum Gasteiger partial charge on any atom is -0.464 e. The van der Waals surface area contributed by atoms with E-state index >= 15 is 0 Å². The average molecular weight is 401 g/mol. The van der Waals surface area contributed by atoms with Crippen molar-refractivity contribution in [2.75, 3.05) is 34.4 Å². The quantitative estimate of drug-likeness (QED) is 0.746. The SMILES string of the molecule is COC1CC(N2CCCC2)C(N(C)C(=O)Cc2cccc3occc23)CC1OC. The summed E-state index contributed by atoms with van der Waals surface area (Å²) in [6.07, 6.45) is 6.30. The second-order valence-electron chi connectivity index (χ2n) is 8.33. The van der Waals surface area contributed by atoms with E-state index in [2.05, 4.69) is 4.90 Å². The van der Waals surface area contributed by atoms with Gasteiger partial charge in [0.1, 0.15) is 5.58 Å². The molecule has 2 aliphatic rings. The van der Waals surface area contributed by atoms with Crippen LogP contribution in [0.2, 0.25) is 0 Å². The number of furan rings is 1. The predicted molar refractivity (Wildman–Crippen MR) is 112 cm³/mol. The van der Waals surface area contributed by atoms with Crippen LogP contribution in [-0.2, 0) is 20.7 Å². The van der Waals surface area contributed by atoms with E-state index in [0.29, 0.717) is 12.5 Å². The summed E-state index contributed by atoms with van der Waals surface area (Å²) in [6.45, 7) is 2.21. The summed E-state index contributed by atoms with van der Waals surface area (Å²) in [6, 6.07) is 8.28. The Kier molecular flexibility index (Phi) is 6.23. The molecule has 1 aromatic carbocycles. The van der Waals surface area contributed by atoms with Crippen molar-refractivity contribution in [2.24, 2.45) is 0 Å². The van der Waals surface area contributed by atoms with E-state index in [0.717, 1.165) is 42.5 Å². The van der Waals surface area contributed by atoms with Crippen LogP contribution in [0.5, 0.6) is 0 Å². The van der Waals surface area contributed by atoms with Crippen molar-refractivity contribution >= 4 is 16.9 Å². The number of carbonyl (C=O) groups is 1. The Morgan fingerprint density at radius 3 is 2.59 bits per heavy atom. The number of ether oxygens (including phenoxy) is 2. The molecule has 0 spiro atoms. The summed E-state index contributed by atoms with van der Waals surface area (Å²) in [5.74, 6) is 0.138. The van der Waals surface area contributed by atoms with Gasteiger partial charge in [0.05, 0.1) is 24.9 Å². The highest BCUT2D eigenvalue weighted by molar-refractivity contribution is 5.87. The molecule has 1 saturated heterocycles. The van der Waals surface area contributed by atoms with Gasteiger partial charge in [-0.3, -0.25) is 9.69 Å². The van der Waals surface area contributed by atoms with E-state index in [1.807, 2.05) is 36.2 Å². The molecule has 2 heterocycles. The van der Waals surface area contributed by atoms with Crippen molar-refractivity contribution in [1.82, 2.24) is 9.80 Å². The molecule has 158 valence electrons. The molecule has 0 bridgehead atoms. The second kappa shape index (κ2) is 8.86. The third kappa shape index (κ3) is 4.06. The maximum atomic E-state index is 13.3. The lowest BCUT2D eigenvalue weighted by Gasteiger charge is -2.47. The summed E-state index contributed by atoms with van der Waals surface area (Å²) in [7, 11) is 5.45. The third-order valence-corrected chi connectivity index (χ3v) is 6.84. The van der Waals surface area contributed by atoms with Gasteiger partial charge in [0.15, 0.2) is 0 Å². The maximum Gasteiger partial charge on any atom is 0.227 e. The molecule has 0 N–H and O–H groups in total. The van der Waals surface area contributed by atoms with Gasteiger partial charge in [-0.2, -0.15) is 0 Å². The zero-order valence-electron chi connectivity index (χ0n) is 17.7. The third-order valence-electron chi connectivity index (χ3n) is 6.84. The monoisotopic (exact) mass is 400 g/mol. The van der Waals surface area contributed by atoms with Crippen molar-refractivity contribution in [3.8, 4) is 0 Å². The molecule has 2 fully saturated rings. The minimum absolute atomic E-state index is 0.0106. The van der Waals surface area contributed by atoms with Crippen LogP contribution in [0.15, 0.2) is 34.9 Å². The molecular formula is C23H32N2O4. The van der Waals surface area contributed by atoms with Crippen molar-refractivity contribution in [3.05, 3.63) is 36.1 Å². The van der Waals surface area contributed by atoms with E-state index < -0.39 is 0 Å². The zero-order valence-corrected chi connectivity index (χ0v) is 17.7. The fourth-order valence-corrected chi connectivity index (χ4v) is 5.16. The first-order valence-corrected chi connectivity index (χ1v) is 10.6. The fraction of sp³-hybridized carbons (Fsp3) is 0.609. The van der Waals surface area contributed by atoms with E-state index in [1.54, 1.807) is 20.5 Å². The van der Waals surface area contributed by atoms with Crippen LogP contribution in [-0.4, -0.2) is 74.4 Å². The number of hydrogen-bond donors (Lipinski definition) is 0. The average Bonchev–Trinajstić information content (AvgIpc) is 3.44. The first kappa shape index (κ1) is 20.4. The standard InChI is InChI=1S/C23H32N2O4/c1-24(23(26)13-16-7-6-8-20-17(16)9-12-29-20)18-14-21(27-2)22(28-3)15-19(18)25-10-4-5-11-25/h6-9,12,18-19,21-22H,4-5,10-11,13-15H2,1-3H3. The van der Waals surface area contributed by atoms with Gasteiger partial charge in [0.2, 0.25) is 5.91 Å². The highest BCUT2D eigenvalue weighted by Crippen LogP contribution is 2.32. The molecule has 6 heteroatoms. The highest BCUT2D eigenvalue weighted by Gasteiger charge is 2.43. The summed E-state index contributed by atoms with van der Waals surface area (Å²) in [5, 5.41) is 1.02. The number of rotatable bonds is 6. The Balaban J connectivity index is 1.54. The Hall–Kier alpha value is -1.89. The van der Waals surface area contributed by atoms with Gasteiger partial charge in [-0.15, -0.1) is 0 Å². The zero-order chi connectivity index (χ0) is 20.4. The molecule has 1 aliphatic carbocycles. The lowest BCUT2D eigenvalue weighted by molar-refractivity contribution is -0.140. The van der Waals surface area contributed by atoms with E-state index in [4.69, 9.17) is 13.9 Å². The largest absolute Gasteiger partial charge is 0.464 e. The molecule has 4 rings (SSSR count). The van der Waals surface area contributed by atoms with Crippen LogP contribution in [0.25, 0.3) is 11.0 Å². The minimum atomic E-state index is 0.0106. The van der Waals surface area contributed by atoms with Crippen LogP contribution < -0.4 is 0 Å². The number of amides is 1. The van der Waals surface area contributed by atoms with Crippen LogP contribution in [0.3, 0.4) is 0 Å². The topological polar surface area (TPSA) is 55.2 Å². The van der Waals surface area contributed by atoms with Crippen LogP contribution in [0.1, 0.15) is 31.2 Å². The molecule has 29 heavy (non-hydrogen) atoms. The smallest absolute Gasteiger partial charge is 0.227 e. The Morgan fingerprint density at radius 2 is 1.86 bits per heavy atom. The first-order chi connectivity index (χ1) is 14.1. The van der Waals surface area contributed by atoms with Crippen molar-refractivity contribution < 1.29 is 18.7 Å². The fourth-order valence-electron chi connectivity index (χ4n) is 5.16. The first-order valence-electron chi connectivity index (χ1n) is 10.6. The number of fused-ring (bicyclic) bond motifs is 1. The maximum absolute atomic E-state index is 13.3. The predicted octanol–water partition coefficient (Wildman–Crippen LogP) is 3.09. The lowest BCUT2D eigenvalue weighted by Crippen LogP contribution is -2.59. The van der Waals surface area contributed by atoms with Crippen molar-refractivity contribution in [2.45, 2.75) is 56.4 Å². The van der Waals surface area contributed by atoms with Crippen molar-refractivity contribution in [3.63, 3.8) is 0 Å². The van der Waals surface area contributed by atoms with Gasteiger partial charge in [-0.05, 0) is 56.5 Å². The summed E-state index contributed by atoms with van der Waals surface area (Å²) < 4.78 is 17.0. The molecule has 4 unspecified atom stereocenters. The van der Waals surface area contributed by atoms with Gasteiger partial charge in [0.25, 0.3) is 0 Å². The highest BCUT2D eigenvalue weighted by atomic mass is 16.5. The molecule has 2 aromatic rings. The van der Waals surface area contributed by atoms with Crippen LogP contribution in [0, 0.1) is 0 Å². The number of benzene rings is 1. The molecule has 1 amide bonds.